The van der Waals surface area contributed by atoms with Crippen LogP contribution in [-0.2, 0) is 4.79 Å². The monoisotopic (exact) mass is 198 g/mol. The van der Waals surface area contributed by atoms with Crippen LogP contribution in [0.25, 0.3) is 0 Å². The number of nitrogens with one attached hydrogen (secondary N) is 1. The van der Waals surface area contributed by atoms with Gasteiger partial charge in [-0.3, -0.25) is 4.79 Å². The van der Waals surface area contributed by atoms with E-state index in [4.69, 9.17) is 18.7 Å². The maximum Gasteiger partial charge on any atom is 0.312 e. The smallest absolute Gasteiger partial charge is 0.312 e. The van der Waals surface area contributed by atoms with Gasteiger partial charge in [0.05, 0.1) is 7.85 Å². The summed E-state index contributed by atoms with van der Waals surface area (Å²) in [6, 6.07) is -0.766. The molecule has 0 aromatic rings. The summed E-state index contributed by atoms with van der Waals surface area (Å²) in [5.41, 5.74) is 4.83. The van der Waals surface area contributed by atoms with E-state index in [0.29, 0.717) is 12.8 Å². The minimum Gasteiger partial charge on any atom is -0.481 e. The van der Waals surface area contributed by atoms with E-state index in [2.05, 4.69) is 5.32 Å². The van der Waals surface area contributed by atoms with E-state index in [1.165, 1.54) is 0 Å². The van der Waals surface area contributed by atoms with Crippen LogP contribution in [0, 0.1) is 0 Å². The minimum atomic E-state index is -1.41. The third-order valence-electron chi connectivity index (χ3n) is 1.98. The van der Waals surface area contributed by atoms with Crippen molar-refractivity contribution in [2.75, 3.05) is 6.54 Å². The fourth-order valence-electron chi connectivity index (χ4n) is 1.01. The first-order valence-corrected chi connectivity index (χ1v) is 4.48. The minimum absolute atomic E-state index is 0.141. The second kappa shape index (κ2) is 5.52. The van der Waals surface area contributed by atoms with Gasteiger partial charge in [0.25, 0.3) is 0 Å². The number of amides is 2. The number of hydrogen-bond donors (Lipinski definition) is 3. The molecule has 4 N–H and O–H groups in total. The van der Waals surface area contributed by atoms with Crippen molar-refractivity contribution in [3.8, 4) is 0 Å². The average Bonchev–Trinajstić information content (AvgIpc) is 2.11. The van der Waals surface area contributed by atoms with E-state index in [-0.39, 0.29) is 6.54 Å². The second-order valence-electron chi connectivity index (χ2n) is 3.28. The number of nitrogens with two attached hydrogens (primary N) is 1. The van der Waals surface area contributed by atoms with E-state index in [9.17, 15) is 9.59 Å². The van der Waals surface area contributed by atoms with Gasteiger partial charge in [-0.15, -0.1) is 0 Å². The van der Waals surface area contributed by atoms with Crippen LogP contribution in [0.15, 0.2) is 0 Å². The third kappa shape index (κ3) is 4.16. The molecule has 1 unspecified atom stereocenters. The number of primary amides is 1. The molecule has 0 aromatic heterocycles. The molecule has 0 aliphatic carbocycles. The van der Waals surface area contributed by atoms with E-state index in [0.717, 1.165) is 6.42 Å². The van der Waals surface area contributed by atoms with Gasteiger partial charge in [0, 0.05) is 11.9 Å². The SMILES string of the molecule is [B]C(CCCC)(CNC(N)=O)C(=O)O. The van der Waals surface area contributed by atoms with Crippen molar-refractivity contribution < 1.29 is 14.7 Å². The fraction of sp³-hybridized carbons (Fsp3) is 0.750. The van der Waals surface area contributed by atoms with Crippen molar-refractivity contribution in [3.63, 3.8) is 0 Å². The Morgan fingerprint density at radius 3 is 2.50 bits per heavy atom. The Labute approximate surface area is 84.5 Å². The molecule has 0 saturated heterocycles. The van der Waals surface area contributed by atoms with Gasteiger partial charge in [-0.1, -0.05) is 19.8 Å². The van der Waals surface area contributed by atoms with E-state index < -0.39 is 17.3 Å². The average molecular weight is 198 g/mol. The summed E-state index contributed by atoms with van der Waals surface area (Å²) in [5, 5.41) is 9.65. The van der Waals surface area contributed by atoms with Crippen LogP contribution in [-0.4, -0.2) is 31.5 Å². The van der Waals surface area contributed by atoms with Gasteiger partial charge in [-0.25, -0.2) is 4.79 Å². The van der Waals surface area contributed by atoms with Crippen molar-refractivity contribution in [2.24, 2.45) is 5.73 Å². The second-order valence-corrected chi connectivity index (χ2v) is 3.28. The van der Waals surface area contributed by atoms with Gasteiger partial charge in [0.1, 0.15) is 0 Å². The van der Waals surface area contributed by atoms with Gasteiger partial charge in [-0.2, -0.15) is 0 Å². The Morgan fingerprint density at radius 2 is 2.14 bits per heavy atom. The highest BCUT2D eigenvalue weighted by molar-refractivity contribution is 6.27. The van der Waals surface area contributed by atoms with Crippen molar-refractivity contribution >= 4 is 19.8 Å². The molecule has 0 fully saturated rings. The molecule has 0 bridgehead atoms. The first-order chi connectivity index (χ1) is 6.42. The molecule has 5 nitrogen and oxygen atoms in total. The van der Waals surface area contributed by atoms with Crippen molar-refractivity contribution in [3.05, 3.63) is 0 Å². The Balaban J connectivity index is 4.24. The molecule has 0 heterocycles. The molecule has 0 aromatic carbocycles. The number of urea groups is 1. The first kappa shape index (κ1) is 12.8. The lowest BCUT2D eigenvalue weighted by Gasteiger charge is -2.24. The molecular weight excluding hydrogens is 183 g/mol. The molecule has 0 aliphatic rings. The van der Waals surface area contributed by atoms with Gasteiger partial charge in [0.2, 0.25) is 0 Å². The summed E-state index contributed by atoms with van der Waals surface area (Å²) in [6.45, 7) is 1.79. The van der Waals surface area contributed by atoms with Gasteiger partial charge in [-0.05, 0) is 6.42 Å². The molecular formula is C8H15BN2O3. The molecule has 0 saturated carbocycles. The number of unbranched alkanes of at least 4 members (excludes halogenated alkanes) is 1. The van der Waals surface area contributed by atoms with E-state index in [1.807, 2.05) is 6.92 Å². The van der Waals surface area contributed by atoms with Crippen LogP contribution in [0.4, 0.5) is 4.79 Å². The predicted octanol–water partition coefficient (Wildman–Crippen LogP) is 0.257. The summed E-state index contributed by atoms with van der Waals surface area (Å²) in [7, 11) is 5.61. The summed E-state index contributed by atoms with van der Waals surface area (Å²) in [5.74, 6) is -1.13. The molecule has 0 spiro atoms. The zero-order valence-electron chi connectivity index (χ0n) is 8.25. The number of carboxylic acids is 1. The number of carboxylic acid groups (broad SMARTS) is 1. The Bertz CT molecular complexity index is 223. The molecule has 78 valence electrons. The Kier molecular flexibility index (Phi) is 5.05. The van der Waals surface area contributed by atoms with Gasteiger partial charge >= 0.3 is 12.0 Å². The quantitative estimate of drug-likeness (QED) is 0.534. The standard InChI is InChI=1S/C8H15BN2O3/c1-2-3-4-8(9,6(12)13)5-11-7(10)14/h2-5H2,1H3,(H,12,13)(H3,10,11,14). The fourth-order valence-corrected chi connectivity index (χ4v) is 1.01. The number of rotatable bonds is 6. The lowest BCUT2D eigenvalue weighted by Crippen LogP contribution is -2.40. The van der Waals surface area contributed by atoms with E-state index in [1.54, 1.807) is 0 Å². The number of carbonyl (C=O) groups excluding carboxylic acids is 1. The van der Waals surface area contributed by atoms with Crippen LogP contribution < -0.4 is 11.1 Å². The lowest BCUT2D eigenvalue weighted by atomic mass is 9.65. The number of carbonyl (C=O) groups is 2. The highest BCUT2D eigenvalue weighted by atomic mass is 16.4. The molecule has 2 radical (unpaired) electrons. The van der Waals surface area contributed by atoms with Crippen LogP contribution in [0.2, 0.25) is 5.31 Å². The molecule has 2 amide bonds. The number of hydrogen-bond acceptors (Lipinski definition) is 2. The number of aliphatic carboxylic acids is 1. The summed E-state index contributed by atoms with van der Waals surface area (Å²) < 4.78 is 0. The first-order valence-electron chi connectivity index (χ1n) is 4.48. The predicted molar refractivity (Wildman–Crippen MR) is 53.2 cm³/mol. The third-order valence-corrected chi connectivity index (χ3v) is 1.98. The molecule has 1 atom stereocenters. The van der Waals surface area contributed by atoms with Crippen LogP contribution >= 0.6 is 0 Å². The Hall–Kier alpha value is -1.20. The summed E-state index contributed by atoms with van der Waals surface area (Å²) in [4.78, 5) is 21.2. The van der Waals surface area contributed by atoms with Crippen LogP contribution in [0.5, 0.6) is 0 Å². The van der Waals surface area contributed by atoms with Crippen molar-refractivity contribution in [1.82, 2.24) is 5.32 Å². The van der Waals surface area contributed by atoms with Crippen LogP contribution in [0.3, 0.4) is 0 Å². The van der Waals surface area contributed by atoms with Gasteiger partial charge < -0.3 is 16.2 Å². The van der Waals surface area contributed by atoms with Crippen molar-refractivity contribution in [2.45, 2.75) is 31.5 Å². The molecule has 0 aliphatic heterocycles. The summed E-state index contributed by atoms with van der Waals surface area (Å²) >= 11 is 0. The maximum atomic E-state index is 10.8. The maximum absolute atomic E-state index is 10.8. The topological polar surface area (TPSA) is 92.4 Å². The zero-order chi connectivity index (χ0) is 11.2. The Morgan fingerprint density at radius 1 is 1.57 bits per heavy atom. The molecule has 6 heteroatoms. The molecule has 0 rings (SSSR count). The van der Waals surface area contributed by atoms with E-state index >= 15 is 0 Å². The van der Waals surface area contributed by atoms with Crippen LogP contribution in [0.1, 0.15) is 26.2 Å². The highest BCUT2D eigenvalue weighted by Crippen LogP contribution is 2.27. The lowest BCUT2D eigenvalue weighted by molar-refractivity contribution is -0.140. The highest BCUT2D eigenvalue weighted by Gasteiger charge is 2.31. The zero-order valence-corrected chi connectivity index (χ0v) is 8.25. The largest absolute Gasteiger partial charge is 0.481 e. The summed E-state index contributed by atoms with van der Waals surface area (Å²) in [6.07, 6.45) is 1.87. The van der Waals surface area contributed by atoms with Gasteiger partial charge in [0.15, 0.2) is 0 Å². The normalized spacial score (nSPS) is 14.4. The molecule has 14 heavy (non-hydrogen) atoms. The van der Waals surface area contributed by atoms with Crippen molar-refractivity contribution in [1.29, 1.82) is 0 Å².